The van der Waals surface area contributed by atoms with Crippen LogP contribution in [0.15, 0.2) is 18.3 Å². The molecule has 0 aromatic carbocycles. The second kappa shape index (κ2) is 6.91. The van der Waals surface area contributed by atoms with Gasteiger partial charge in [0.2, 0.25) is 5.88 Å². The summed E-state index contributed by atoms with van der Waals surface area (Å²) in [7, 11) is -5.87. The lowest BCUT2D eigenvalue weighted by Crippen LogP contribution is -2.28. The number of nitrogens with zero attached hydrogens (tertiary/aromatic N) is 2. The van der Waals surface area contributed by atoms with Crippen LogP contribution < -0.4 is 8.92 Å². The predicted octanol–water partition coefficient (Wildman–Crippen LogP) is 3.05. The normalized spacial score (nSPS) is 14.1. The van der Waals surface area contributed by atoms with Crippen LogP contribution in [0.1, 0.15) is 23.4 Å². The molecule has 1 aliphatic rings. The Kier molecular flexibility index (Phi) is 4.93. The number of rotatable bonds is 5. The minimum absolute atomic E-state index is 0.237. The summed E-state index contributed by atoms with van der Waals surface area (Å²) in [6, 6.07) is 1.47. The summed E-state index contributed by atoms with van der Waals surface area (Å²) in [4.78, 5) is 7.57. The second-order valence-electron chi connectivity index (χ2n) is 5.59. The number of hydrogen-bond acceptors (Lipinski definition) is 6. The van der Waals surface area contributed by atoms with E-state index < -0.39 is 39.6 Å². The minimum Gasteiger partial charge on any atom is -0.471 e. The first kappa shape index (κ1) is 19.3. The van der Waals surface area contributed by atoms with E-state index in [1.807, 2.05) is 0 Å². The maximum Gasteiger partial charge on any atom is 0.534 e. The van der Waals surface area contributed by atoms with Crippen molar-refractivity contribution in [1.82, 2.24) is 9.97 Å². The number of halogens is 5. The van der Waals surface area contributed by atoms with Crippen LogP contribution in [0, 0.1) is 11.6 Å². The molecule has 0 fully saturated rings. The molecule has 3 rings (SSSR count). The van der Waals surface area contributed by atoms with Gasteiger partial charge in [0.05, 0.1) is 11.9 Å². The lowest BCUT2D eigenvalue weighted by atomic mass is 10.2. The van der Waals surface area contributed by atoms with Gasteiger partial charge in [-0.05, 0) is 19.3 Å². The fourth-order valence-electron chi connectivity index (χ4n) is 2.49. The Morgan fingerprint density at radius 1 is 1.15 bits per heavy atom. The van der Waals surface area contributed by atoms with Gasteiger partial charge in [-0.15, -0.1) is 0 Å². The van der Waals surface area contributed by atoms with Crippen LogP contribution in [0.3, 0.4) is 0 Å². The molecule has 0 radical (unpaired) electrons. The quantitative estimate of drug-likeness (QED) is 0.428. The van der Waals surface area contributed by atoms with Crippen molar-refractivity contribution in [2.24, 2.45) is 0 Å². The molecule has 0 spiro atoms. The van der Waals surface area contributed by atoms with Gasteiger partial charge < -0.3 is 8.92 Å². The van der Waals surface area contributed by atoms with Crippen molar-refractivity contribution < 1.29 is 39.3 Å². The number of pyridine rings is 2. The van der Waals surface area contributed by atoms with E-state index in [4.69, 9.17) is 4.74 Å². The standard InChI is InChI=1S/C15H11F5N2O4S/c16-8-4-10(17)12(21-6-8)7-25-14-5-13(9-2-1-3-11(9)22-14)26-27(23,24)15(18,19)20/h4-6H,1-3,7H2. The number of aromatic nitrogens is 2. The maximum absolute atomic E-state index is 13.6. The molecule has 2 aromatic rings. The maximum atomic E-state index is 13.6. The summed E-state index contributed by atoms with van der Waals surface area (Å²) in [5, 5.41) is 0. The predicted molar refractivity (Wildman–Crippen MR) is 80.3 cm³/mol. The summed E-state index contributed by atoms with van der Waals surface area (Å²) in [6.07, 6.45) is 1.99. The topological polar surface area (TPSA) is 78.4 Å². The average molecular weight is 410 g/mol. The summed E-state index contributed by atoms with van der Waals surface area (Å²) < 4.78 is 96.1. The van der Waals surface area contributed by atoms with Crippen molar-refractivity contribution >= 4 is 10.1 Å². The number of fused-ring (bicyclic) bond motifs is 1. The first-order valence-electron chi connectivity index (χ1n) is 7.53. The molecule has 2 aromatic heterocycles. The zero-order valence-electron chi connectivity index (χ0n) is 13.4. The first-order valence-corrected chi connectivity index (χ1v) is 8.94. The van der Waals surface area contributed by atoms with E-state index >= 15 is 0 Å². The van der Waals surface area contributed by atoms with Crippen LogP contribution in [0.25, 0.3) is 0 Å². The molecule has 0 atom stereocenters. The Balaban J connectivity index is 1.87. The Morgan fingerprint density at radius 2 is 1.89 bits per heavy atom. The molecule has 146 valence electrons. The highest BCUT2D eigenvalue weighted by Gasteiger charge is 2.49. The van der Waals surface area contributed by atoms with E-state index in [0.717, 1.165) is 12.3 Å². The third-order valence-corrected chi connectivity index (χ3v) is 4.68. The molecule has 0 aliphatic heterocycles. The molecule has 0 saturated carbocycles. The van der Waals surface area contributed by atoms with Gasteiger partial charge in [0.15, 0.2) is 11.6 Å². The zero-order valence-corrected chi connectivity index (χ0v) is 14.2. The largest absolute Gasteiger partial charge is 0.534 e. The summed E-state index contributed by atoms with van der Waals surface area (Å²) in [5.41, 5.74) is -5.29. The van der Waals surface area contributed by atoms with E-state index in [1.54, 1.807) is 0 Å². The molecule has 0 bridgehead atoms. The molecular weight excluding hydrogens is 399 g/mol. The highest BCUT2D eigenvalue weighted by molar-refractivity contribution is 7.88. The summed E-state index contributed by atoms with van der Waals surface area (Å²) in [6.45, 7) is -0.497. The number of hydrogen-bond donors (Lipinski definition) is 0. The Bertz CT molecular complexity index is 979. The monoisotopic (exact) mass is 410 g/mol. The Hall–Kier alpha value is -2.50. The van der Waals surface area contributed by atoms with Crippen LogP contribution >= 0.6 is 0 Å². The molecule has 1 aliphatic carbocycles. The number of aryl methyl sites for hydroxylation is 1. The molecule has 2 heterocycles. The fourth-order valence-corrected chi connectivity index (χ4v) is 2.97. The van der Waals surface area contributed by atoms with Gasteiger partial charge >= 0.3 is 15.6 Å². The van der Waals surface area contributed by atoms with Crippen molar-refractivity contribution in [2.45, 2.75) is 31.4 Å². The van der Waals surface area contributed by atoms with Crippen LogP contribution in [0.4, 0.5) is 22.0 Å². The van der Waals surface area contributed by atoms with Crippen LogP contribution in [0.2, 0.25) is 0 Å². The van der Waals surface area contributed by atoms with Crippen molar-refractivity contribution in [1.29, 1.82) is 0 Å². The fraction of sp³-hybridized carbons (Fsp3) is 0.333. The molecule has 0 N–H and O–H groups in total. The lowest BCUT2D eigenvalue weighted by molar-refractivity contribution is -0.0500. The van der Waals surface area contributed by atoms with Gasteiger partial charge in [-0.25, -0.2) is 13.8 Å². The third-order valence-electron chi connectivity index (χ3n) is 3.71. The molecule has 0 amide bonds. The van der Waals surface area contributed by atoms with Crippen molar-refractivity contribution in [3.8, 4) is 11.6 Å². The van der Waals surface area contributed by atoms with Crippen LogP contribution in [-0.2, 0) is 29.6 Å². The third kappa shape index (κ3) is 4.10. The van der Waals surface area contributed by atoms with Crippen molar-refractivity contribution in [3.05, 3.63) is 46.9 Å². The minimum atomic E-state index is -5.87. The summed E-state index contributed by atoms with van der Waals surface area (Å²) in [5.74, 6) is -2.68. The average Bonchev–Trinajstić information content (AvgIpc) is 3.01. The highest BCUT2D eigenvalue weighted by atomic mass is 32.2. The molecule has 12 heteroatoms. The van der Waals surface area contributed by atoms with E-state index in [0.29, 0.717) is 31.0 Å². The SMILES string of the molecule is O=S(=O)(Oc1cc(OCc2ncc(F)cc2F)nc2c1CCC2)C(F)(F)F. The van der Waals surface area contributed by atoms with E-state index in [9.17, 15) is 30.4 Å². The Labute approximate surface area is 150 Å². The highest BCUT2D eigenvalue weighted by Crippen LogP contribution is 2.36. The van der Waals surface area contributed by atoms with Gasteiger partial charge in [-0.3, -0.25) is 4.98 Å². The smallest absolute Gasteiger partial charge is 0.471 e. The van der Waals surface area contributed by atoms with Gasteiger partial charge in [0.25, 0.3) is 0 Å². The van der Waals surface area contributed by atoms with E-state index in [-0.39, 0.29) is 17.1 Å². The van der Waals surface area contributed by atoms with Crippen LogP contribution in [0.5, 0.6) is 11.6 Å². The van der Waals surface area contributed by atoms with Crippen LogP contribution in [-0.4, -0.2) is 23.9 Å². The van der Waals surface area contributed by atoms with Gasteiger partial charge in [-0.2, -0.15) is 21.6 Å². The van der Waals surface area contributed by atoms with Crippen molar-refractivity contribution in [3.63, 3.8) is 0 Å². The molecule has 6 nitrogen and oxygen atoms in total. The van der Waals surface area contributed by atoms with E-state index in [2.05, 4.69) is 14.2 Å². The Morgan fingerprint density at radius 3 is 2.56 bits per heavy atom. The molecule has 27 heavy (non-hydrogen) atoms. The van der Waals surface area contributed by atoms with Crippen molar-refractivity contribution in [2.75, 3.05) is 0 Å². The second-order valence-corrected chi connectivity index (χ2v) is 7.13. The van der Waals surface area contributed by atoms with Gasteiger partial charge in [0.1, 0.15) is 18.1 Å². The van der Waals surface area contributed by atoms with E-state index in [1.165, 1.54) is 0 Å². The number of ether oxygens (including phenoxy) is 1. The van der Waals surface area contributed by atoms with Gasteiger partial charge in [-0.1, -0.05) is 0 Å². The summed E-state index contributed by atoms with van der Waals surface area (Å²) >= 11 is 0. The zero-order chi connectivity index (χ0) is 19.8. The lowest BCUT2D eigenvalue weighted by Gasteiger charge is -2.14. The molecule has 0 unspecified atom stereocenters. The molecular formula is C15H11F5N2O4S. The first-order chi connectivity index (χ1) is 12.6. The van der Waals surface area contributed by atoms with Gasteiger partial charge in [0, 0.05) is 17.7 Å². The molecule has 0 saturated heterocycles. The number of alkyl halides is 3.